The minimum atomic E-state index is -1.13. The van der Waals surface area contributed by atoms with E-state index in [4.69, 9.17) is 10.00 Å². The van der Waals surface area contributed by atoms with Gasteiger partial charge >= 0.3 is 0 Å². The summed E-state index contributed by atoms with van der Waals surface area (Å²) in [4.78, 5) is 0. The Labute approximate surface area is 115 Å². The molecule has 3 nitrogen and oxygen atoms in total. The standard InChI is InChI=1S/C15H12F2N2O/c1-20-12-5-2-10(3-6-12)9-19-13-7-4-11(8-18)14(16)15(13)17/h2-7,19H,9H2,1H3. The van der Waals surface area contributed by atoms with Crippen LogP contribution < -0.4 is 10.1 Å². The molecule has 0 aliphatic rings. The SMILES string of the molecule is COc1ccc(CNc2ccc(C#N)c(F)c2F)cc1. The van der Waals surface area contributed by atoms with Gasteiger partial charge in [0.05, 0.1) is 18.4 Å². The van der Waals surface area contributed by atoms with Crippen LogP contribution >= 0.6 is 0 Å². The number of ether oxygens (including phenoxy) is 1. The quantitative estimate of drug-likeness (QED) is 0.928. The Bertz CT molecular complexity index is 648. The molecule has 0 atom stereocenters. The van der Waals surface area contributed by atoms with E-state index in [1.165, 1.54) is 12.1 Å². The summed E-state index contributed by atoms with van der Waals surface area (Å²) in [7, 11) is 1.57. The monoisotopic (exact) mass is 274 g/mol. The molecule has 0 fully saturated rings. The number of nitrogens with zero attached hydrogens (tertiary/aromatic N) is 1. The van der Waals surface area contributed by atoms with Crippen molar-refractivity contribution in [3.63, 3.8) is 0 Å². The number of anilines is 1. The highest BCUT2D eigenvalue weighted by Gasteiger charge is 2.12. The van der Waals surface area contributed by atoms with E-state index in [0.29, 0.717) is 6.54 Å². The lowest BCUT2D eigenvalue weighted by atomic mass is 10.1. The third kappa shape index (κ3) is 2.86. The molecule has 0 bridgehead atoms. The Balaban J connectivity index is 2.11. The van der Waals surface area contributed by atoms with Gasteiger partial charge in [0.2, 0.25) is 0 Å². The molecule has 20 heavy (non-hydrogen) atoms. The first-order valence-corrected chi connectivity index (χ1v) is 5.90. The summed E-state index contributed by atoms with van der Waals surface area (Å²) in [6.07, 6.45) is 0. The first-order chi connectivity index (χ1) is 9.65. The van der Waals surface area contributed by atoms with Gasteiger partial charge in [0.25, 0.3) is 0 Å². The van der Waals surface area contributed by atoms with Crippen molar-refractivity contribution in [2.24, 2.45) is 0 Å². The predicted octanol–water partition coefficient (Wildman–Crippen LogP) is 3.46. The molecule has 0 heterocycles. The van der Waals surface area contributed by atoms with E-state index in [2.05, 4.69) is 5.32 Å². The minimum Gasteiger partial charge on any atom is -0.497 e. The van der Waals surface area contributed by atoms with Crippen molar-refractivity contribution < 1.29 is 13.5 Å². The molecule has 0 aliphatic carbocycles. The van der Waals surface area contributed by atoms with Gasteiger partial charge in [-0.05, 0) is 29.8 Å². The van der Waals surface area contributed by atoms with Crippen molar-refractivity contribution in [1.82, 2.24) is 0 Å². The highest BCUT2D eigenvalue weighted by atomic mass is 19.2. The van der Waals surface area contributed by atoms with Crippen LogP contribution in [0.4, 0.5) is 14.5 Å². The van der Waals surface area contributed by atoms with Gasteiger partial charge in [-0.25, -0.2) is 8.78 Å². The number of nitrogens with one attached hydrogen (secondary N) is 1. The van der Waals surface area contributed by atoms with E-state index in [9.17, 15) is 8.78 Å². The van der Waals surface area contributed by atoms with Crippen LogP contribution in [0.25, 0.3) is 0 Å². The molecule has 0 saturated carbocycles. The van der Waals surface area contributed by atoms with E-state index in [1.807, 2.05) is 12.1 Å². The van der Waals surface area contributed by atoms with Gasteiger partial charge in [0.1, 0.15) is 11.8 Å². The fraction of sp³-hybridized carbons (Fsp3) is 0.133. The summed E-state index contributed by atoms with van der Waals surface area (Å²) in [5, 5.41) is 11.4. The number of methoxy groups -OCH3 is 1. The van der Waals surface area contributed by atoms with Crippen LogP contribution in [-0.4, -0.2) is 7.11 Å². The number of nitriles is 1. The Morgan fingerprint density at radius 1 is 1.10 bits per heavy atom. The van der Waals surface area contributed by atoms with Crippen molar-refractivity contribution in [1.29, 1.82) is 5.26 Å². The van der Waals surface area contributed by atoms with Crippen LogP contribution in [0.5, 0.6) is 5.75 Å². The number of hydrogen-bond donors (Lipinski definition) is 1. The second-order valence-electron chi connectivity index (χ2n) is 4.10. The van der Waals surface area contributed by atoms with Crippen molar-refractivity contribution in [3.8, 4) is 11.8 Å². The fourth-order valence-corrected chi connectivity index (χ4v) is 1.71. The molecule has 2 aromatic carbocycles. The second kappa shape index (κ2) is 6.02. The van der Waals surface area contributed by atoms with Gasteiger partial charge in [-0.2, -0.15) is 5.26 Å². The Morgan fingerprint density at radius 2 is 1.80 bits per heavy atom. The molecular formula is C15H12F2N2O. The first-order valence-electron chi connectivity index (χ1n) is 5.90. The Hall–Kier alpha value is -2.61. The molecule has 5 heteroatoms. The molecule has 2 rings (SSSR count). The average Bonchev–Trinajstić information content (AvgIpc) is 2.49. The van der Waals surface area contributed by atoms with Crippen LogP contribution in [0, 0.1) is 23.0 Å². The van der Waals surface area contributed by atoms with Crippen molar-refractivity contribution >= 4 is 5.69 Å². The van der Waals surface area contributed by atoms with Crippen molar-refractivity contribution in [2.45, 2.75) is 6.54 Å². The molecule has 0 saturated heterocycles. The molecule has 0 radical (unpaired) electrons. The lowest BCUT2D eigenvalue weighted by Crippen LogP contribution is -2.03. The molecule has 102 valence electrons. The zero-order chi connectivity index (χ0) is 14.5. The summed E-state index contributed by atoms with van der Waals surface area (Å²) in [6, 6.07) is 11.4. The van der Waals surface area contributed by atoms with Crippen LogP contribution in [-0.2, 0) is 6.54 Å². The van der Waals surface area contributed by atoms with E-state index in [0.717, 1.165) is 11.3 Å². The van der Waals surface area contributed by atoms with Gasteiger partial charge in [-0.3, -0.25) is 0 Å². The normalized spacial score (nSPS) is 9.90. The Kier molecular flexibility index (Phi) is 4.16. The molecule has 2 aromatic rings. The minimum absolute atomic E-state index is 0.0253. The number of hydrogen-bond acceptors (Lipinski definition) is 3. The predicted molar refractivity (Wildman–Crippen MR) is 71.4 cm³/mol. The number of halogens is 2. The summed E-state index contributed by atoms with van der Waals surface area (Å²) < 4.78 is 32.1. The fourth-order valence-electron chi connectivity index (χ4n) is 1.71. The summed E-state index contributed by atoms with van der Waals surface area (Å²) in [6.45, 7) is 0.340. The Morgan fingerprint density at radius 3 is 2.40 bits per heavy atom. The highest BCUT2D eigenvalue weighted by Crippen LogP contribution is 2.21. The summed E-state index contributed by atoms with van der Waals surface area (Å²) in [5.74, 6) is -1.45. The smallest absolute Gasteiger partial charge is 0.183 e. The van der Waals surface area contributed by atoms with Crippen LogP contribution in [0.3, 0.4) is 0 Å². The van der Waals surface area contributed by atoms with Gasteiger partial charge in [0, 0.05) is 6.54 Å². The zero-order valence-corrected chi connectivity index (χ0v) is 10.8. The van der Waals surface area contributed by atoms with Gasteiger partial charge < -0.3 is 10.1 Å². The van der Waals surface area contributed by atoms with E-state index < -0.39 is 11.6 Å². The highest BCUT2D eigenvalue weighted by molar-refractivity contribution is 5.50. The van der Waals surface area contributed by atoms with Crippen LogP contribution in [0.2, 0.25) is 0 Å². The maximum Gasteiger partial charge on any atom is 0.183 e. The molecule has 0 spiro atoms. The molecule has 0 aliphatic heterocycles. The number of rotatable bonds is 4. The van der Waals surface area contributed by atoms with Gasteiger partial charge in [-0.15, -0.1) is 0 Å². The third-order valence-corrected chi connectivity index (χ3v) is 2.84. The van der Waals surface area contributed by atoms with E-state index in [1.54, 1.807) is 25.3 Å². The third-order valence-electron chi connectivity index (χ3n) is 2.84. The molecular weight excluding hydrogens is 262 g/mol. The largest absolute Gasteiger partial charge is 0.497 e. The van der Waals surface area contributed by atoms with Crippen LogP contribution in [0.15, 0.2) is 36.4 Å². The molecule has 0 unspecified atom stereocenters. The number of benzene rings is 2. The lowest BCUT2D eigenvalue weighted by Gasteiger charge is -2.09. The summed E-state index contributed by atoms with van der Waals surface area (Å²) in [5.41, 5.74) is 0.616. The lowest BCUT2D eigenvalue weighted by molar-refractivity contribution is 0.414. The van der Waals surface area contributed by atoms with E-state index in [-0.39, 0.29) is 11.3 Å². The summed E-state index contributed by atoms with van der Waals surface area (Å²) >= 11 is 0. The van der Waals surface area contributed by atoms with Crippen LogP contribution in [0.1, 0.15) is 11.1 Å². The van der Waals surface area contributed by atoms with Crippen molar-refractivity contribution in [2.75, 3.05) is 12.4 Å². The molecule has 0 amide bonds. The maximum absolute atomic E-state index is 13.7. The topological polar surface area (TPSA) is 45.0 Å². The molecule has 1 N–H and O–H groups in total. The zero-order valence-electron chi connectivity index (χ0n) is 10.8. The first kappa shape index (κ1) is 13.8. The van der Waals surface area contributed by atoms with Crippen molar-refractivity contribution in [3.05, 3.63) is 59.2 Å². The second-order valence-corrected chi connectivity index (χ2v) is 4.10. The van der Waals surface area contributed by atoms with E-state index >= 15 is 0 Å². The van der Waals surface area contributed by atoms with Gasteiger partial charge in [-0.1, -0.05) is 12.1 Å². The average molecular weight is 274 g/mol. The van der Waals surface area contributed by atoms with Gasteiger partial charge in [0.15, 0.2) is 11.6 Å². The maximum atomic E-state index is 13.7. The molecule has 0 aromatic heterocycles.